The first kappa shape index (κ1) is 13.0. The molecule has 2 aromatic rings. The van der Waals surface area contributed by atoms with E-state index in [0.717, 1.165) is 22.8 Å². The first-order chi connectivity index (χ1) is 9.19. The van der Waals surface area contributed by atoms with Gasteiger partial charge in [0.2, 0.25) is 5.91 Å². The molecule has 1 amide bonds. The van der Waals surface area contributed by atoms with Gasteiger partial charge in [-0.1, -0.05) is 18.2 Å². The van der Waals surface area contributed by atoms with Crippen molar-refractivity contribution in [2.75, 3.05) is 17.7 Å². The van der Waals surface area contributed by atoms with E-state index in [9.17, 15) is 4.79 Å². The van der Waals surface area contributed by atoms with E-state index in [2.05, 4.69) is 10.6 Å². The summed E-state index contributed by atoms with van der Waals surface area (Å²) in [5.74, 6) is 0.619. The van der Waals surface area contributed by atoms with Crippen molar-refractivity contribution in [2.24, 2.45) is 0 Å². The van der Waals surface area contributed by atoms with Crippen LogP contribution in [0.25, 0.3) is 0 Å². The molecule has 4 heteroatoms. The Kier molecular flexibility index (Phi) is 4.03. The maximum atomic E-state index is 11.2. The van der Waals surface area contributed by atoms with Gasteiger partial charge in [0.1, 0.15) is 5.75 Å². The van der Waals surface area contributed by atoms with E-state index in [4.69, 9.17) is 4.74 Å². The molecule has 0 aliphatic carbocycles. The maximum absolute atomic E-state index is 11.2. The van der Waals surface area contributed by atoms with Gasteiger partial charge in [0, 0.05) is 18.7 Å². The minimum Gasteiger partial charge on any atom is -0.497 e. The van der Waals surface area contributed by atoms with Gasteiger partial charge in [-0.25, -0.2) is 0 Å². The molecule has 0 fully saturated rings. The zero-order chi connectivity index (χ0) is 13.7. The van der Waals surface area contributed by atoms with Crippen LogP contribution < -0.4 is 15.4 Å². The minimum atomic E-state index is -0.110. The van der Waals surface area contributed by atoms with Gasteiger partial charge in [-0.3, -0.25) is 4.79 Å². The molecule has 0 atom stereocenters. The van der Waals surface area contributed by atoms with E-state index in [0.29, 0.717) is 0 Å². The number of benzene rings is 2. The fourth-order valence-electron chi connectivity index (χ4n) is 1.73. The van der Waals surface area contributed by atoms with Crippen molar-refractivity contribution in [3.05, 3.63) is 48.5 Å². The highest BCUT2D eigenvalue weighted by molar-refractivity contribution is 5.93. The molecule has 98 valence electrons. The first-order valence-electron chi connectivity index (χ1n) is 5.97. The Morgan fingerprint density at radius 3 is 2.42 bits per heavy atom. The highest BCUT2D eigenvalue weighted by Gasteiger charge is 2.06. The molecule has 0 bridgehead atoms. The third-order valence-corrected chi connectivity index (χ3v) is 2.59. The predicted molar refractivity (Wildman–Crippen MR) is 77.0 cm³/mol. The number of methoxy groups -OCH3 is 1. The fourth-order valence-corrected chi connectivity index (χ4v) is 1.73. The third-order valence-electron chi connectivity index (χ3n) is 2.59. The maximum Gasteiger partial charge on any atom is 0.221 e. The van der Waals surface area contributed by atoms with E-state index in [1.807, 2.05) is 42.5 Å². The topological polar surface area (TPSA) is 50.4 Å². The molecule has 19 heavy (non-hydrogen) atoms. The van der Waals surface area contributed by atoms with Crippen LogP contribution in [0.3, 0.4) is 0 Å². The summed E-state index contributed by atoms with van der Waals surface area (Å²) >= 11 is 0. The highest BCUT2D eigenvalue weighted by atomic mass is 16.5. The lowest BCUT2D eigenvalue weighted by Gasteiger charge is -2.13. The predicted octanol–water partition coefficient (Wildman–Crippen LogP) is 3.40. The largest absolute Gasteiger partial charge is 0.497 e. The average molecular weight is 256 g/mol. The number of hydrogen-bond donors (Lipinski definition) is 2. The van der Waals surface area contributed by atoms with Gasteiger partial charge in [0.05, 0.1) is 18.5 Å². The Morgan fingerprint density at radius 2 is 1.79 bits per heavy atom. The zero-order valence-corrected chi connectivity index (χ0v) is 10.9. The smallest absolute Gasteiger partial charge is 0.221 e. The van der Waals surface area contributed by atoms with Crippen LogP contribution in [0.4, 0.5) is 17.1 Å². The Morgan fingerprint density at radius 1 is 1.05 bits per heavy atom. The fraction of sp³-hybridized carbons (Fsp3) is 0.133. The zero-order valence-electron chi connectivity index (χ0n) is 10.9. The number of ether oxygens (including phenoxy) is 1. The van der Waals surface area contributed by atoms with Crippen molar-refractivity contribution < 1.29 is 9.53 Å². The van der Waals surface area contributed by atoms with Crippen LogP contribution in [-0.2, 0) is 4.79 Å². The molecule has 4 nitrogen and oxygen atoms in total. The summed E-state index contributed by atoms with van der Waals surface area (Å²) in [4.78, 5) is 11.2. The van der Waals surface area contributed by atoms with Crippen molar-refractivity contribution in [1.82, 2.24) is 0 Å². The van der Waals surface area contributed by atoms with E-state index in [1.54, 1.807) is 13.2 Å². The minimum absolute atomic E-state index is 0.110. The van der Waals surface area contributed by atoms with Crippen molar-refractivity contribution in [1.29, 1.82) is 0 Å². The van der Waals surface area contributed by atoms with Crippen LogP contribution in [0, 0.1) is 0 Å². The van der Waals surface area contributed by atoms with Crippen LogP contribution in [0.5, 0.6) is 5.75 Å². The molecule has 2 rings (SSSR count). The average Bonchev–Trinajstić information content (AvgIpc) is 2.41. The van der Waals surface area contributed by atoms with E-state index in [-0.39, 0.29) is 5.91 Å². The van der Waals surface area contributed by atoms with E-state index < -0.39 is 0 Å². The first-order valence-corrected chi connectivity index (χ1v) is 5.97. The van der Waals surface area contributed by atoms with Gasteiger partial charge in [0.15, 0.2) is 0 Å². The molecule has 0 saturated heterocycles. The SMILES string of the molecule is COc1ccc(NC(C)=O)c(Nc2ccccc2)c1. The molecule has 2 aromatic carbocycles. The summed E-state index contributed by atoms with van der Waals surface area (Å²) < 4.78 is 5.20. The summed E-state index contributed by atoms with van der Waals surface area (Å²) in [6.07, 6.45) is 0. The number of nitrogens with one attached hydrogen (secondary N) is 2. The molecule has 0 aliphatic heterocycles. The number of rotatable bonds is 4. The highest BCUT2D eigenvalue weighted by Crippen LogP contribution is 2.29. The van der Waals surface area contributed by atoms with Crippen molar-refractivity contribution in [3.8, 4) is 5.75 Å². The van der Waals surface area contributed by atoms with Crippen molar-refractivity contribution in [3.63, 3.8) is 0 Å². The number of para-hydroxylation sites is 1. The van der Waals surface area contributed by atoms with Crippen LogP contribution in [-0.4, -0.2) is 13.0 Å². The summed E-state index contributed by atoms with van der Waals surface area (Å²) in [5, 5.41) is 6.05. The lowest BCUT2D eigenvalue weighted by molar-refractivity contribution is -0.114. The lowest BCUT2D eigenvalue weighted by atomic mass is 10.2. The third kappa shape index (κ3) is 3.48. The Bertz CT molecular complexity index is 568. The van der Waals surface area contributed by atoms with Crippen molar-refractivity contribution in [2.45, 2.75) is 6.92 Å². The molecular weight excluding hydrogens is 240 g/mol. The van der Waals surface area contributed by atoms with Gasteiger partial charge in [-0.15, -0.1) is 0 Å². The molecule has 0 heterocycles. The normalized spacial score (nSPS) is 9.79. The summed E-state index contributed by atoms with van der Waals surface area (Å²) in [5.41, 5.74) is 2.46. The number of amides is 1. The number of carbonyl (C=O) groups is 1. The van der Waals surface area contributed by atoms with Gasteiger partial charge < -0.3 is 15.4 Å². The lowest BCUT2D eigenvalue weighted by Crippen LogP contribution is -2.08. The summed E-state index contributed by atoms with van der Waals surface area (Å²) in [6.45, 7) is 1.48. The molecule has 0 saturated carbocycles. The molecular formula is C15H16N2O2. The molecule has 0 spiro atoms. The van der Waals surface area contributed by atoms with Crippen LogP contribution in [0.2, 0.25) is 0 Å². The second kappa shape index (κ2) is 5.91. The number of carbonyl (C=O) groups excluding carboxylic acids is 1. The quantitative estimate of drug-likeness (QED) is 0.881. The molecule has 0 unspecified atom stereocenters. The monoisotopic (exact) mass is 256 g/mol. The summed E-state index contributed by atoms with van der Waals surface area (Å²) in [6, 6.07) is 15.2. The standard InChI is InChI=1S/C15H16N2O2/c1-11(18)16-14-9-8-13(19-2)10-15(14)17-12-6-4-3-5-7-12/h3-10,17H,1-2H3,(H,16,18). The Hall–Kier alpha value is -2.49. The van der Waals surface area contributed by atoms with Crippen LogP contribution in [0.1, 0.15) is 6.92 Å². The van der Waals surface area contributed by atoms with Crippen LogP contribution in [0.15, 0.2) is 48.5 Å². The van der Waals surface area contributed by atoms with Crippen molar-refractivity contribution >= 4 is 23.0 Å². The number of hydrogen-bond acceptors (Lipinski definition) is 3. The van der Waals surface area contributed by atoms with Gasteiger partial charge in [-0.05, 0) is 24.3 Å². The van der Waals surface area contributed by atoms with Gasteiger partial charge in [-0.2, -0.15) is 0 Å². The van der Waals surface area contributed by atoms with Gasteiger partial charge >= 0.3 is 0 Å². The van der Waals surface area contributed by atoms with Crippen LogP contribution >= 0.6 is 0 Å². The molecule has 0 aromatic heterocycles. The summed E-state index contributed by atoms with van der Waals surface area (Å²) in [7, 11) is 1.61. The molecule has 0 radical (unpaired) electrons. The molecule has 2 N–H and O–H groups in total. The molecule has 0 aliphatic rings. The Labute approximate surface area is 112 Å². The number of anilines is 3. The van der Waals surface area contributed by atoms with E-state index in [1.165, 1.54) is 6.92 Å². The Balaban J connectivity index is 2.32. The van der Waals surface area contributed by atoms with Gasteiger partial charge in [0.25, 0.3) is 0 Å². The second-order valence-corrected chi connectivity index (χ2v) is 4.08. The second-order valence-electron chi connectivity index (χ2n) is 4.08. The van der Waals surface area contributed by atoms with E-state index >= 15 is 0 Å².